The predicted octanol–water partition coefficient (Wildman–Crippen LogP) is 2.95. The zero-order chi connectivity index (χ0) is 18.6. The highest BCUT2D eigenvalue weighted by molar-refractivity contribution is 5.78. The molecule has 0 aliphatic carbocycles. The Balaban J connectivity index is 1.34. The minimum absolute atomic E-state index is 0.117. The summed E-state index contributed by atoms with van der Waals surface area (Å²) in [6, 6.07) is 12.0. The second-order valence-corrected chi connectivity index (χ2v) is 6.47. The first-order valence-corrected chi connectivity index (χ1v) is 8.74. The van der Waals surface area contributed by atoms with Gasteiger partial charge in [-0.15, -0.1) is 0 Å². The Morgan fingerprint density at radius 2 is 2.15 bits per heavy atom. The molecule has 4 rings (SSSR count). The molecule has 5 nitrogen and oxygen atoms in total. The highest BCUT2D eigenvalue weighted by Crippen LogP contribution is 2.32. The number of amides is 1. The van der Waals surface area contributed by atoms with Gasteiger partial charge in [-0.2, -0.15) is 0 Å². The summed E-state index contributed by atoms with van der Waals surface area (Å²) in [6.07, 6.45) is 5.77. The van der Waals surface area contributed by atoms with Gasteiger partial charge >= 0.3 is 0 Å². The largest absolute Gasteiger partial charge is 0.488 e. The minimum Gasteiger partial charge on any atom is -0.488 e. The van der Waals surface area contributed by atoms with E-state index >= 15 is 0 Å². The molecular weight excluding hydrogens is 345 g/mol. The average molecular weight is 363 g/mol. The fourth-order valence-corrected chi connectivity index (χ4v) is 3.16. The first-order valence-electron chi connectivity index (χ1n) is 8.74. The molecule has 1 amide bonds. The molecule has 6 heteroatoms. The third kappa shape index (κ3) is 4.11. The fraction of sp³-hybridized carbons (Fsp3) is 0.190. The Kier molecular flexibility index (Phi) is 4.78. The van der Waals surface area contributed by atoms with Gasteiger partial charge in [0.1, 0.15) is 17.7 Å². The van der Waals surface area contributed by atoms with E-state index in [1.165, 1.54) is 12.1 Å². The number of fused-ring (bicyclic) bond motifs is 1. The second-order valence-electron chi connectivity index (χ2n) is 6.47. The number of hydrogen-bond acceptors (Lipinski definition) is 4. The van der Waals surface area contributed by atoms with Crippen LogP contribution in [0, 0.1) is 5.82 Å². The number of rotatable bonds is 5. The normalized spacial score (nSPS) is 15.1. The van der Waals surface area contributed by atoms with E-state index in [1.807, 2.05) is 18.2 Å². The Morgan fingerprint density at radius 3 is 2.96 bits per heavy atom. The van der Waals surface area contributed by atoms with Gasteiger partial charge in [0, 0.05) is 24.4 Å². The monoisotopic (exact) mass is 363 g/mol. The molecule has 2 heterocycles. The van der Waals surface area contributed by atoms with Gasteiger partial charge < -0.3 is 10.1 Å². The molecule has 0 saturated carbocycles. The molecule has 3 aromatic rings. The number of nitrogens with zero attached hydrogens (tertiary/aromatic N) is 2. The van der Waals surface area contributed by atoms with Crippen molar-refractivity contribution in [3.05, 3.63) is 78.0 Å². The van der Waals surface area contributed by atoms with Crippen LogP contribution in [0.3, 0.4) is 0 Å². The Bertz CT molecular complexity index is 963. The molecule has 0 saturated heterocycles. The van der Waals surface area contributed by atoms with Gasteiger partial charge in [-0.05, 0) is 41.5 Å². The van der Waals surface area contributed by atoms with Crippen molar-refractivity contribution in [3.63, 3.8) is 0 Å². The molecule has 0 radical (unpaired) electrons. The summed E-state index contributed by atoms with van der Waals surface area (Å²) in [4.78, 5) is 20.5. The van der Waals surface area contributed by atoms with E-state index in [2.05, 4.69) is 15.3 Å². The Hall–Kier alpha value is -3.28. The minimum atomic E-state index is -0.339. The first kappa shape index (κ1) is 17.1. The van der Waals surface area contributed by atoms with E-state index in [0.717, 1.165) is 22.6 Å². The van der Waals surface area contributed by atoms with Crippen molar-refractivity contribution in [2.24, 2.45) is 0 Å². The fourth-order valence-electron chi connectivity index (χ4n) is 3.16. The molecule has 27 heavy (non-hydrogen) atoms. The molecule has 1 aromatic heterocycles. The summed E-state index contributed by atoms with van der Waals surface area (Å²) in [5, 5.41) is 2.86. The number of nitrogens with one attached hydrogen (secondary N) is 1. The molecule has 0 spiro atoms. The van der Waals surface area contributed by atoms with Crippen LogP contribution in [-0.4, -0.2) is 28.5 Å². The smallest absolute Gasteiger partial charge is 0.224 e. The van der Waals surface area contributed by atoms with Gasteiger partial charge in [0.25, 0.3) is 0 Å². The topological polar surface area (TPSA) is 64.1 Å². The van der Waals surface area contributed by atoms with Gasteiger partial charge in [0.15, 0.2) is 0 Å². The maximum atomic E-state index is 13.2. The second kappa shape index (κ2) is 7.53. The highest BCUT2D eigenvalue weighted by Gasteiger charge is 2.23. The van der Waals surface area contributed by atoms with Gasteiger partial charge in [-0.1, -0.05) is 12.1 Å². The molecular formula is C21H18FN3O2. The maximum Gasteiger partial charge on any atom is 0.224 e. The lowest BCUT2D eigenvalue weighted by Gasteiger charge is -2.12. The van der Waals surface area contributed by atoms with Crippen molar-refractivity contribution in [2.75, 3.05) is 6.54 Å². The van der Waals surface area contributed by atoms with E-state index in [1.54, 1.807) is 30.7 Å². The summed E-state index contributed by atoms with van der Waals surface area (Å²) in [6.45, 7) is 0.406. The van der Waals surface area contributed by atoms with Crippen LogP contribution in [0.25, 0.3) is 11.3 Å². The zero-order valence-corrected chi connectivity index (χ0v) is 14.6. The molecule has 1 N–H and O–H groups in total. The molecule has 1 atom stereocenters. The number of ether oxygens (including phenoxy) is 1. The lowest BCUT2D eigenvalue weighted by molar-refractivity contribution is -0.120. The van der Waals surface area contributed by atoms with Gasteiger partial charge in [-0.25, -0.2) is 4.39 Å². The molecule has 0 bridgehead atoms. The Labute approximate surface area is 156 Å². The maximum absolute atomic E-state index is 13.2. The van der Waals surface area contributed by atoms with E-state index in [-0.39, 0.29) is 24.2 Å². The first-order chi connectivity index (χ1) is 13.2. The lowest BCUT2D eigenvalue weighted by atomic mass is 10.0. The van der Waals surface area contributed by atoms with Crippen LogP contribution < -0.4 is 10.1 Å². The molecule has 1 aliphatic heterocycles. The average Bonchev–Trinajstić information content (AvgIpc) is 3.09. The number of hydrogen-bond donors (Lipinski definition) is 1. The highest BCUT2D eigenvalue weighted by atomic mass is 19.1. The molecule has 1 unspecified atom stereocenters. The molecule has 1 aliphatic rings. The van der Waals surface area contributed by atoms with E-state index in [0.29, 0.717) is 18.5 Å². The number of aromatic nitrogens is 2. The van der Waals surface area contributed by atoms with Crippen molar-refractivity contribution in [1.29, 1.82) is 0 Å². The van der Waals surface area contributed by atoms with Crippen LogP contribution in [-0.2, 0) is 17.6 Å². The van der Waals surface area contributed by atoms with Crippen molar-refractivity contribution in [1.82, 2.24) is 15.3 Å². The summed E-state index contributed by atoms with van der Waals surface area (Å²) in [5.74, 6) is 0.334. The number of carbonyl (C=O) groups is 1. The van der Waals surface area contributed by atoms with Gasteiger partial charge in [-0.3, -0.25) is 14.8 Å². The van der Waals surface area contributed by atoms with Gasteiger partial charge in [0.05, 0.1) is 24.9 Å². The number of carbonyl (C=O) groups excluding carboxylic acids is 1. The van der Waals surface area contributed by atoms with Crippen molar-refractivity contribution in [3.8, 4) is 17.0 Å². The Morgan fingerprint density at radius 1 is 1.22 bits per heavy atom. The van der Waals surface area contributed by atoms with E-state index in [9.17, 15) is 9.18 Å². The van der Waals surface area contributed by atoms with Crippen molar-refractivity contribution >= 4 is 5.91 Å². The van der Waals surface area contributed by atoms with Crippen molar-refractivity contribution < 1.29 is 13.9 Å². The number of benzene rings is 2. The predicted molar refractivity (Wildman–Crippen MR) is 98.7 cm³/mol. The van der Waals surface area contributed by atoms with Gasteiger partial charge in [0.2, 0.25) is 5.91 Å². The van der Waals surface area contributed by atoms with Crippen LogP contribution in [0.2, 0.25) is 0 Å². The van der Waals surface area contributed by atoms with Crippen LogP contribution in [0.4, 0.5) is 4.39 Å². The van der Waals surface area contributed by atoms with Crippen LogP contribution in [0.1, 0.15) is 11.1 Å². The third-order valence-electron chi connectivity index (χ3n) is 4.44. The molecule has 2 aromatic carbocycles. The molecule has 0 fully saturated rings. The summed E-state index contributed by atoms with van der Waals surface area (Å²) in [7, 11) is 0. The summed E-state index contributed by atoms with van der Waals surface area (Å²) >= 11 is 0. The third-order valence-corrected chi connectivity index (χ3v) is 4.44. The lowest BCUT2D eigenvalue weighted by Crippen LogP contribution is -2.35. The number of halogens is 1. The van der Waals surface area contributed by atoms with E-state index in [4.69, 9.17) is 4.74 Å². The zero-order valence-electron chi connectivity index (χ0n) is 14.6. The quantitative estimate of drug-likeness (QED) is 0.757. The van der Waals surface area contributed by atoms with E-state index < -0.39 is 0 Å². The summed E-state index contributed by atoms with van der Waals surface area (Å²) < 4.78 is 19.1. The van der Waals surface area contributed by atoms with Crippen LogP contribution >= 0.6 is 0 Å². The van der Waals surface area contributed by atoms with Crippen LogP contribution in [0.15, 0.2) is 61.1 Å². The molecule has 136 valence electrons. The SMILES string of the molecule is O=C(Cc1cccc(F)c1)NCC1Cc2cc(-c3cnccn3)ccc2O1. The van der Waals surface area contributed by atoms with Crippen molar-refractivity contribution in [2.45, 2.75) is 18.9 Å². The summed E-state index contributed by atoms with van der Waals surface area (Å²) in [5.41, 5.74) is 3.53. The standard InChI is InChI=1S/C21H18FN3O2/c22-17-3-1-2-14(8-17)9-21(26)25-12-18-11-16-10-15(4-5-20(16)27-18)19-13-23-6-7-24-19/h1-8,10,13,18H,9,11-12H2,(H,25,26). The van der Waals surface area contributed by atoms with Crippen LogP contribution in [0.5, 0.6) is 5.75 Å².